The summed E-state index contributed by atoms with van der Waals surface area (Å²) >= 11 is 6.05. The maximum Gasteiger partial charge on any atom is 0.219 e. The number of nitrogens with zero attached hydrogens (tertiary/aromatic N) is 3. The van der Waals surface area contributed by atoms with Crippen LogP contribution in [0.25, 0.3) is 22.6 Å². The molecule has 0 N–H and O–H groups in total. The Bertz CT molecular complexity index is 955. The molecule has 4 rings (SSSR count). The van der Waals surface area contributed by atoms with Crippen LogP contribution in [0.1, 0.15) is 18.2 Å². The molecule has 4 nitrogen and oxygen atoms in total. The van der Waals surface area contributed by atoms with Crippen molar-refractivity contribution in [2.24, 2.45) is 0 Å². The van der Waals surface area contributed by atoms with Gasteiger partial charge in [0.2, 0.25) is 5.91 Å². The van der Waals surface area contributed by atoms with Gasteiger partial charge in [-0.1, -0.05) is 54.1 Å². The van der Waals surface area contributed by atoms with Crippen LogP contribution in [-0.4, -0.2) is 27.3 Å². The molecule has 1 amide bonds. The van der Waals surface area contributed by atoms with Crippen molar-refractivity contribution in [2.45, 2.75) is 19.9 Å². The minimum atomic E-state index is 0.0739. The van der Waals surface area contributed by atoms with Crippen LogP contribution in [0, 0.1) is 0 Å². The summed E-state index contributed by atoms with van der Waals surface area (Å²) in [5.74, 6) is 0.787. The smallest absolute Gasteiger partial charge is 0.219 e. The number of carbonyl (C=O) groups is 1. The highest BCUT2D eigenvalue weighted by atomic mass is 35.5. The fourth-order valence-electron chi connectivity index (χ4n) is 3.25. The van der Waals surface area contributed by atoms with Gasteiger partial charge in [-0.3, -0.25) is 4.79 Å². The molecule has 0 spiro atoms. The highest BCUT2D eigenvalue weighted by molar-refractivity contribution is 6.30. The molecule has 1 aromatic heterocycles. The molecular weight excluding hydrogens is 346 g/mol. The van der Waals surface area contributed by atoms with Crippen molar-refractivity contribution in [2.75, 3.05) is 6.54 Å². The lowest BCUT2D eigenvalue weighted by Crippen LogP contribution is -2.35. The zero-order valence-electron chi connectivity index (χ0n) is 14.4. The molecule has 1 aliphatic rings. The second-order valence-electron chi connectivity index (χ2n) is 6.38. The molecule has 0 saturated carbocycles. The highest BCUT2D eigenvalue weighted by Crippen LogP contribution is 2.31. The van der Waals surface area contributed by atoms with Crippen molar-refractivity contribution < 1.29 is 4.79 Å². The van der Waals surface area contributed by atoms with Gasteiger partial charge in [-0.05, 0) is 12.1 Å². The van der Waals surface area contributed by atoms with E-state index in [-0.39, 0.29) is 5.91 Å². The predicted molar refractivity (Wildman–Crippen MR) is 103 cm³/mol. The third-order valence-corrected chi connectivity index (χ3v) is 4.91. The van der Waals surface area contributed by atoms with Gasteiger partial charge >= 0.3 is 0 Å². The van der Waals surface area contributed by atoms with E-state index >= 15 is 0 Å². The molecule has 3 aromatic rings. The van der Waals surface area contributed by atoms with E-state index in [2.05, 4.69) is 0 Å². The van der Waals surface area contributed by atoms with Crippen LogP contribution in [0.2, 0.25) is 5.02 Å². The Kier molecular flexibility index (Phi) is 4.43. The number of hydrogen-bond acceptors (Lipinski definition) is 3. The lowest BCUT2D eigenvalue weighted by molar-refractivity contribution is -0.129. The summed E-state index contributed by atoms with van der Waals surface area (Å²) < 4.78 is 0. The molecule has 0 bridgehead atoms. The van der Waals surface area contributed by atoms with E-state index in [1.165, 1.54) is 0 Å². The second kappa shape index (κ2) is 6.89. The van der Waals surface area contributed by atoms with Gasteiger partial charge in [-0.15, -0.1) is 0 Å². The Labute approximate surface area is 157 Å². The SMILES string of the molecule is CC(=O)N1CCc2nc(-c3ccccc3)nc(-c3ccc(Cl)cc3)c2C1. The molecule has 0 atom stereocenters. The van der Waals surface area contributed by atoms with Gasteiger partial charge in [0, 0.05) is 48.1 Å². The van der Waals surface area contributed by atoms with Crippen molar-refractivity contribution in [3.8, 4) is 22.6 Å². The minimum absolute atomic E-state index is 0.0739. The molecule has 0 aliphatic carbocycles. The van der Waals surface area contributed by atoms with E-state index in [0.29, 0.717) is 23.9 Å². The Morgan fingerprint density at radius 3 is 2.42 bits per heavy atom. The monoisotopic (exact) mass is 363 g/mol. The number of fused-ring (bicyclic) bond motifs is 1. The molecule has 0 unspecified atom stereocenters. The lowest BCUT2D eigenvalue weighted by Gasteiger charge is -2.29. The second-order valence-corrected chi connectivity index (χ2v) is 6.82. The number of aromatic nitrogens is 2. The van der Waals surface area contributed by atoms with Crippen molar-refractivity contribution in [1.29, 1.82) is 0 Å². The standard InChI is InChI=1S/C21H18ClN3O/c1-14(26)25-12-11-19-18(13-25)20(15-7-9-17(22)10-8-15)24-21(23-19)16-5-3-2-4-6-16/h2-10H,11-13H2,1H3. The number of carbonyl (C=O) groups excluding carboxylic acids is 1. The first kappa shape index (κ1) is 16.7. The van der Waals surface area contributed by atoms with E-state index in [0.717, 1.165) is 34.5 Å². The van der Waals surface area contributed by atoms with Gasteiger partial charge in [-0.2, -0.15) is 0 Å². The van der Waals surface area contributed by atoms with Gasteiger partial charge in [0.05, 0.1) is 11.4 Å². The van der Waals surface area contributed by atoms with Crippen LogP contribution in [0.3, 0.4) is 0 Å². The molecular formula is C21H18ClN3O. The third kappa shape index (κ3) is 3.20. The Balaban J connectivity index is 1.88. The summed E-state index contributed by atoms with van der Waals surface area (Å²) in [7, 11) is 0. The van der Waals surface area contributed by atoms with Crippen molar-refractivity contribution in [1.82, 2.24) is 14.9 Å². The summed E-state index contributed by atoms with van der Waals surface area (Å²) in [6.07, 6.45) is 0.734. The summed E-state index contributed by atoms with van der Waals surface area (Å²) in [6.45, 7) is 2.83. The molecule has 1 aliphatic heterocycles. The molecule has 26 heavy (non-hydrogen) atoms. The maximum absolute atomic E-state index is 11.9. The Morgan fingerprint density at radius 2 is 1.73 bits per heavy atom. The molecule has 0 saturated heterocycles. The van der Waals surface area contributed by atoms with E-state index in [1.807, 2.05) is 59.5 Å². The van der Waals surface area contributed by atoms with Gasteiger partial charge in [0.1, 0.15) is 0 Å². The summed E-state index contributed by atoms with van der Waals surface area (Å²) in [6, 6.07) is 17.6. The number of rotatable bonds is 2. The zero-order valence-corrected chi connectivity index (χ0v) is 15.2. The first-order valence-corrected chi connectivity index (χ1v) is 8.96. The average Bonchev–Trinajstić information content (AvgIpc) is 2.68. The van der Waals surface area contributed by atoms with Crippen molar-refractivity contribution >= 4 is 17.5 Å². The van der Waals surface area contributed by atoms with Gasteiger partial charge in [-0.25, -0.2) is 9.97 Å². The molecule has 5 heteroatoms. The van der Waals surface area contributed by atoms with Crippen molar-refractivity contribution in [3.05, 3.63) is 70.9 Å². The predicted octanol–water partition coefficient (Wildman–Crippen LogP) is 4.37. The van der Waals surface area contributed by atoms with E-state index in [1.54, 1.807) is 6.92 Å². The van der Waals surface area contributed by atoms with Crippen molar-refractivity contribution in [3.63, 3.8) is 0 Å². The van der Waals surface area contributed by atoms with Gasteiger partial charge < -0.3 is 4.90 Å². The zero-order chi connectivity index (χ0) is 18.1. The minimum Gasteiger partial charge on any atom is -0.338 e. The Hall–Kier alpha value is -2.72. The number of hydrogen-bond donors (Lipinski definition) is 0. The van der Waals surface area contributed by atoms with Crippen LogP contribution in [-0.2, 0) is 17.8 Å². The van der Waals surface area contributed by atoms with Crippen LogP contribution in [0.5, 0.6) is 0 Å². The largest absolute Gasteiger partial charge is 0.338 e. The lowest BCUT2D eigenvalue weighted by atomic mass is 9.98. The normalized spacial score (nSPS) is 13.4. The summed E-state index contributed by atoms with van der Waals surface area (Å²) in [4.78, 5) is 23.4. The van der Waals surface area contributed by atoms with Crippen LogP contribution in [0.4, 0.5) is 0 Å². The third-order valence-electron chi connectivity index (χ3n) is 4.66. The first-order chi connectivity index (χ1) is 12.6. The molecule has 130 valence electrons. The summed E-state index contributed by atoms with van der Waals surface area (Å²) in [5, 5.41) is 0.685. The van der Waals surface area contributed by atoms with Gasteiger partial charge in [0.25, 0.3) is 0 Å². The quantitative estimate of drug-likeness (QED) is 0.679. The maximum atomic E-state index is 11.9. The van der Waals surface area contributed by atoms with E-state index < -0.39 is 0 Å². The number of halogens is 1. The molecule has 2 aromatic carbocycles. The fourth-order valence-corrected chi connectivity index (χ4v) is 3.37. The molecule has 0 fully saturated rings. The highest BCUT2D eigenvalue weighted by Gasteiger charge is 2.24. The van der Waals surface area contributed by atoms with Crippen LogP contribution in [0.15, 0.2) is 54.6 Å². The number of benzene rings is 2. The summed E-state index contributed by atoms with van der Waals surface area (Å²) in [5.41, 5.74) is 4.88. The first-order valence-electron chi connectivity index (χ1n) is 8.58. The van der Waals surface area contributed by atoms with Gasteiger partial charge in [0.15, 0.2) is 5.82 Å². The van der Waals surface area contributed by atoms with Crippen LogP contribution < -0.4 is 0 Å². The van der Waals surface area contributed by atoms with E-state index in [9.17, 15) is 4.79 Å². The average molecular weight is 364 g/mol. The molecule has 0 radical (unpaired) electrons. The fraction of sp³-hybridized carbons (Fsp3) is 0.190. The molecule has 2 heterocycles. The van der Waals surface area contributed by atoms with Crippen LogP contribution >= 0.6 is 11.6 Å². The number of amides is 1. The Morgan fingerprint density at radius 1 is 1.00 bits per heavy atom. The topological polar surface area (TPSA) is 46.1 Å². The van der Waals surface area contributed by atoms with E-state index in [4.69, 9.17) is 21.6 Å².